The molecule has 2 aromatic carbocycles. The summed E-state index contributed by atoms with van der Waals surface area (Å²) in [5, 5.41) is 14.3. The van der Waals surface area contributed by atoms with Gasteiger partial charge in [-0.1, -0.05) is 30.3 Å². The molecule has 0 saturated heterocycles. The molecule has 1 aliphatic rings. The van der Waals surface area contributed by atoms with Crippen LogP contribution in [0.3, 0.4) is 0 Å². The minimum atomic E-state index is -0.902. The number of carbonyl (C=O) groups excluding carboxylic acids is 2. The molecule has 2 N–H and O–H groups in total. The average molecular weight is 497 g/mol. The number of aliphatic hydroxyl groups excluding tert-OH is 1. The summed E-state index contributed by atoms with van der Waals surface area (Å²) >= 11 is 1.39. The number of aliphatic hydroxyl groups is 1. The quantitative estimate of drug-likeness (QED) is 0.448. The Kier molecular flexibility index (Phi) is 8.23. The van der Waals surface area contributed by atoms with Crippen LogP contribution in [-0.4, -0.2) is 54.8 Å². The molecule has 1 aliphatic heterocycles. The molecule has 3 aromatic rings. The van der Waals surface area contributed by atoms with Crippen molar-refractivity contribution in [3.05, 3.63) is 76.5 Å². The number of para-hydroxylation sites is 2. The first-order valence-electron chi connectivity index (χ1n) is 11.3. The molecule has 4 rings (SSSR count). The summed E-state index contributed by atoms with van der Waals surface area (Å²) in [6.45, 7) is 0.411. The third kappa shape index (κ3) is 5.93. The van der Waals surface area contributed by atoms with E-state index in [0.29, 0.717) is 24.5 Å². The van der Waals surface area contributed by atoms with Crippen molar-refractivity contribution in [2.24, 2.45) is 0 Å². The molecule has 9 heteroatoms. The van der Waals surface area contributed by atoms with Gasteiger partial charge in [0.1, 0.15) is 18.4 Å². The Hall–Kier alpha value is -3.56. The number of fused-ring (bicyclic) bond motifs is 1. The Morgan fingerprint density at radius 1 is 1.14 bits per heavy atom. The SMILES string of the molecule is COc1ccc(CNC(=O)[C@@H](c2cccs2)N(CCCO)C(=O)[C@@H]2COc3ccccc3O2)cc1. The van der Waals surface area contributed by atoms with Crippen molar-refractivity contribution >= 4 is 23.2 Å². The Bertz CT molecular complexity index is 1120. The van der Waals surface area contributed by atoms with Gasteiger partial charge in [-0.15, -0.1) is 11.3 Å². The summed E-state index contributed by atoms with van der Waals surface area (Å²) in [5.41, 5.74) is 0.901. The highest BCUT2D eigenvalue weighted by Crippen LogP contribution is 2.33. The lowest BCUT2D eigenvalue weighted by molar-refractivity contribution is -0.148. The van der Waals surface area contributed by atoms with Crippen LogP contribution in [0, 0.1) is 0 Å². The van der Waals surface area contributed by atoms with Crippen molar-refractivity contribution in [3.63, 3.8) is 0 Å². The van der Waals surface area contributed by atoms with Gasteiger partial charge < -0.3 is 29.5 Å². The summed E-state index contributed by atoms with van der Waals surface area (Å²) in [6.07, 6.45) is -0.579. The molecule has 2 amide bonds. The first kappa shape index (κ1) is 24.6. The lowest BCUT2D eigenvalue weighted by Crippen LogP contribution is -2.51. The van der Waals surface area contributed by atoms with E-state index < -0.39 is 12.1 Å². The lowest BCUT2D eigenvalue weighted by atomic mass is 10.1. The first-order chi connectivity index (χ1) is 17.1. The van der Waals surface area contributed by atoms with Gasteiger partial charge in [-0.3, -0.25) is 9.59 Å². The second kappa shape index (κ2) is 11.7. The number of rotatable bonds is 10. The van der Waals surface area contributed by atoms with E-state index >= 15 is 0 Å². The summed E-state index contributed by atoms with van der Waals surface area (Å²) in [7, 11) is 1.60. The highest BCUT2D eigenvalue weighted by molar-refractivity contribution is 7.10. The van der Waals surface area contributed by atoms with Crippen LogP contribution in [0.5, 0.6) is 17.2 Å². The van der Waals surface area contributed by atoms with Gasteiger partial charge in [-0.2, -0.15) is 0 Å². The average Bonchev–Trinajstić information content (AvgIpc) is 3.43. The fraction of sp³-hybridized carbons (Fsp3) is 0.308. The third-order valence-electron chi connectivity index (χ3n) is 5.62. The van der Waals surface area contributed by atoms with E-state index in [0.717, 1.165) is 16.2 Å². The molecular weight excluding hydrogens is 468 g/mol. The Labute approximate surface area is 208 Å². The zero-order valence-corrected chi connectivity index (χ0v) is 20.2. The molecule has 184 valence electrons. The van der Waals surface area contributed by atoms with Crippen LogP contribution in [-0.2, 0) is 16.1 Å². The maximum atomic E-state index is 13.6. The number of nitrogens with one attached hydrogen (secondary N) is 1. The Morgan fingerprint density at radius 3 is 2.60 bits per heavy atom. The van der Waals surface area contributed by atoms with Gasteiger partial charge in [0, 0.05) is 24.6 Å². The van der Waals surface area contributed by atoms with Crippen LogP contribution in [0.1, 0.15) is 22.9 Å². The number of methoxy groups -OCH3 is 1. The molecule has 0 radical (unpaired) electrons. The number of hydrogen-bond donors (Lipinski definition) is 2. The predicted molar refractivity (Wildman–Crippen MR) is 132 cm³/mol. The zero-order chi connectivity index (χ0) is 24.6. The standard InChI is InChI=1S/C26H28N2O6S/c1-32-19-11-9-18(10-12-19)16-27-25(30)24(23-8-4-15-35-23)28(13-5-14-29)26(31)22-17-33-20-6-2-3-7-21(20)34-22/h2-4,6-12,15,22,24,29H,5,13-14,16-17H2,1H3,(H,27,30)/t22-,24+/m0/s1. The van der Waals surface area contributed by atoms with Gasteiger partial charge in [-0.05, 0) is 47.7 Å². The largest absolute Gasteiger partial charge is 0.497 e. The highest BCUT2D eigenvalue weighted by atomic mass is 32.1. The molecule has 2 heterocycles. The molecule has 8 nitrogen and oxygen atoms in total. The molecular formula is C26H28N2O6S. The summed E-state index contributed by atoms with van der Waals surface area (Å²) in [4.78, 5) is 29.3. The van der Waals surface area contributed by atoms with E-state index in [4.69, 9.17) is 14.2 Å². The molecule has 2 atom stereocenters. The summed E-state index contributed by atoms with van der Waals surface area (Å²) < 4.78 is 16.9. The van der Waals surface area contributed by atoms with Crippen LogP contribution in [0.15, 0.2) is 66.0 Å². The molecule has 0 spiro atoms. The Morgan fingerprint density at radius 2 is 1.91 bits per heavy atom. The molecule has 0 bridgehead atoms. The molecule has 0 aliphatic carbocycles. The van der Waals surface area contributed by atoms with Crippen LogP contribution in [0.4, 0.5) is 0 Å². The number of hydrogen-bond acceptors (Lipinski definition) is 7. The van der Waals surface area contributed by atoms with Crippen LogP contribution in [0.25, 0.3) is 0 Å². The van der Waals surface area contributed by atoms with Crippen molar-refractivity contribution in [1.29, 1.82) is 0 Å². The van der Waals surface area contributed by atoms with E-state index in [1.807, 2.05) is 47.8 Å². The minimum Gasteiger partial charge on any atom is -0.497 e. The van der Waals surface area contributed by atoms with E-state index in [2.05, 4.69) is 5.32 Å². The van der Waals surface area contributed by atoms with E-state index in [1.54, 1.807) is 25.3 Å². The van der Waals surface area contributed by atoms with Gasteiger partial charge in [0.15, 0.2) is 11.5 Å². The van der Waals surface area contributed by atoms with Crippen molar-refractivity contribution in [3.8, 4) is 17.2 Å². The lowest BCUT2D eigenvalue weighted by Gasteiger charge is -2.34. The topological polar surface area (TPSA) is 97.3 Å². The van der Waals surface area contributed by atoms with E-state index in [-0.39, 0.29) is 31.6 Å². The normalized spacial score (nSPS) is 15.2. The van der Waals surface area contributed by atoms with Crippen molar-refractivity contribution in [1.82, 2.24) is 10.2 Å². The summed E-state index contributed by atoms with van der Waals surface area (Å²) in [5.74, 6) is 1.10. The Balaban J connectivity index is 1.55. The molecule has 0 saturated carbocycles. The maximum Gasteiger partial charge on any atom is 0.268 e. The number of amides is 2. The monoisotopic (exact) mass is 496 g/mol. The molecule has 35 heavy (non-hydrogen) atoms. The first-order valence-corrected chi connectivity index (χ1v) is 12.2. The number of carbonyl (C=O) groups is 2. The highest BCUT2D eigenvalue weighted by Gasteiger charge is 2.38. The number of thiophene rings is 1. The minimum absolute atomic E-state index is 0.0378. The maximum absolute atomic E-state index is 13.6. The predicted octanol–water partition coefficient (Wildman–Crippen LogP) is 3.17. The van der Waals surface area contributed by atoms with Crippen molar-refractivity contribution in [2.45, 2.75) is 25.1 Å². The van der Waals surface area contributed by atoms with E-state index in [1.165, 1.54) is 16.2 Å². The molecule has 1 aromatic heterocycles. The van der Waals surface area contributed by atoms with Crippen LogP contribution in [0.2, 0.25) is 0 Å². The van der Waals surface area contributed by atoms with Gasteiger partial charge in [0.25, 0.3) is 5.91 Å². The van der Waals surface area contributed by atoms with Crippen molar-refractivity contribution in [2.75, 3.05) is 26.9 Å². The summed E-state index contributed by atoms with van der Waals surface area (Å²) in [6, 6.07) is 17.4. The second-order valence-electron chi connectivity index (χ2n) is 7.96. The second-order valence-corrected chi connectivity index (χ2v) is 8.94. The molecule has 0 fully saturated rings. The number of nitrogens with zero attached hydrogens (tertiary/aromatic N) is 1. The number of benzene rings is 2. The fourth-order valence-corrected chi connectivity index (χ4v) is 4.67. The van der Waals surface area contributed by atoms with Gasteiger partial charge in [0.2, 0.25) is 12.0 Å². The van der Waals surface area contributed by atoms with Crippen LogP contribution >= 0.6 is 11.3 Å². The van der Waals surface area contributed by atoms with Crippen molar-refractivity contribution < 1.29 is 28.9 Å². The third-order valence-corrected chi connectivity index (χ3v) is 6.55. The smallest absolute Gasteiger partial charge is 0.268 e. The van der Waals surface area contributed by atoms with Crippen LogP contribution < -0.4 is 19.5 Å². The fourth-order valence-electron chi connectivity index (χ4n) is 3.83. The number of ether oxygens (including phenoxy) is 3. The zero-order valence-electron chi connectivity index (χ0n) is 19.4. The molecule has 0 unspecified atom stereocenters. The van der Waals surface area contributed by atoms with E-state index in [9.17, 15) is 14.7 Å². The van der Waals surface area contributed by atoms with Gasteiger partial charge in [0.05, 0.1) is 7.11 Å². The van der Waals surface area contributed by atoms with Gasteiger partial charge in [-0.25, -0.2) is 0 Å². The van der Waals surface area contributed by atoms with Gasteiger partial charge >= 0.3 is 0 Å².